The number of benzene rings is 15. The first-order valence-corrected chi connectivity index (χ1v) is 27.9. The van der Waals surface area contributed by atoms with Gasteiger partial charge in [-0.1, -0.05) is 170 Å². The second kappa shape index (κ2) is 18.9. The molecule has 0 spiro atoms. The van der Waals surface area contributed by atoms with E-state index in [2.05, 4.69) is 304 Å². The molecule has 0 fully saturated rings. The van der Waals surface area contributed by atoms with E-state index >= 15 is 0 Å². The zero-order valence-corrected chi connectivity index (χ0v) is 45.3. The molecule has 15 rings (SSSR count). The van der Waals surface area contributed by atoms with Gasteiger partial charge >= 0.3 is 0 Å². The van der Waals surface area contributed by atoms with Gasteiger partial charge in [0.25, 0.3) is 0 Å². The van der Waals surface area contributed by atoms with Gasteiger partial charge in [0.1, 0.15) is 0 Å². The molecule has 0 saturated heterocycles. The van der Waals surface area contributed by atoms with Crippen LogP contribution in [0.25, 0.3) is 108 Å². The Morgan fingerprint density at radius 2 is 0.475 bits per heavy atom. The quantitative estimate of drug-likeness (QED) is 0.111. The molecule has 0 saturated carbocycles. The van der Waals surface area contributed by atoms with E-state index in [1.54, 1.807) is 0 Å². The average Bonchev–Trinajstić information content (AvgIpc) is 3.58. The van der Waals surface area contributed by atoms with E-state index < -0.39 is 0 Å². The Morgan fingerprint density at radius 3 is 0.863 bits per heavy atom. The van der Waals surface area contributed by atoms with Gasteiger partial charge in [-0.3, -0.25) is 0 Å². The lowest BCUT2D eigenvalue weighted by Gasteiger charge is -2.27. The van der Waals surface area contributed by atoms with Crippen LogP contribution in [0, 0.1) is 27.7 Å². The summed E-state index contributed by atoms with van der Waals surface area (Å²) in [7, 11) is 0. The summed E-state index contributed by atoms with van der Waals surface area (Å²) >= 11 is 0. The molecule has 0 aliphatic rings. The summed E-state index contributed by atoms with van der Waals surface area (Å²) in [5.41, 5.74) is 16.5. The SMILES string of the molecule is Cc1cc(C)cc(N(c2ccc3ccccc3c2)c2ccc3c(c2)c2cc(-c4ccccc4)ccc2c2cc4c5ccc(N(c6cc(C)cc(C)c6)c6ccc7ccccc7c6)cc5c5cc(-c6ccccc6)ccc5c4cc32)c1. The van der Waals surface area contributed by atoms with Crippen LogP contribution in [-0.2, 0) is 0 Å². The lowest BCUT2D eigenvalue weighted by Crippen LogP contribution is -2.10. The van der Waals surface area contributed by atoms with Crippen LogP contribution in [0.1, 0.15) is 22.3 Å². The fraction of sp³-hybridized carbons (Fsp3) is 0.0513. The molecule has 378 valence electrons. The van der Waals surface area contributed by atoms with Crippen molar-refractivity contribution in [3.8, 4) is 22.3 Å². The molecule has 80 heavy (non-hydrogen) atoms. The summed E-state index contributed by atoms with van der Waals surface area (Å²) < 4.78 is 0. The standard InChI is InChI=1S/C78H56N2/c1-49-35-50(2)38-65(37-49)79(61-27-23-55-19-11-13-21-57(55)41-61)63-29-33-69-73(45-63)71-43-59(53-15-7-5-8-16-53)25-31-67(71)75-48-78-70-34-30-64(80(66-39-51(3)36-52(4)40-66)62-28-24-56-20-12-14-22-58(56)42-62)46-74(70)72-44-60(54-17-9-6-10-18-54)26-32-68(72)76(78)47-77(69)75/h5-48H,1-4H3. The lowest BCUT2D eigenvalue weighted by atomic mass is 9.87. The summed E-state index contributed by atoms with van der Waals surface area (Å²) in [4.78, 5) is 4.89. The Balaban J connectivity index is 1.02. The highest BCUT2D eigenvalue weighted by Gasteiger charge is 2.22. The Hall–Kier alpha value is -10.0. The van der Waals surface area contributed by atoms with Crippen LogP contribution >= 0.6 is 0 Å². The van der Waals surface area contributed by atoms with E-state index in [4.69, 9.17) is 0 Å². The van der Waals surface area contributed by atoms with Gasteiger partial charge in [-0.15, -0.1) is 0 Å². The van der Waals surface area contributed by atoms with Crippen molar-refractivity contribution in [1.82, 2.24) is 0 Å². The van der Waals surface area contributed by atoms with E-state index in [0.717, 1.165) is 34.1 Å². The first-order valence-electron chi connectivity index (χ1n) is 27.9. The largest absolute Gasteiger partial charge is 0.310 e. The number of hydrogen-bond acceptors (Lipinski definition) is 2. The van der Waals surface area contributed by atoms with Gasteiger partial charge in [0.05, 0.1) is 0 Å². The van der Waals surface area contributed by atoms with Crippen molar-refractivity contribution in [2.24, 2.45) is 0 Å². The van der Waals surface area contributed by atoms with Gasteiger partial charge in [0, 0.05) is 34.1 Å². The predicted octanol–water partition coefficient (Wildman–Crippen LogP) is 22.4. The molecule has 0 aliphatic heterocycles. The van der Waals surface area contributed by atoms with Gasteiger partial charge in [0.2, 0.25) is 0 Å². The summed E-state index contributed by atoms with van der Waals surface area (Å²) in [5, 5.41) is 19.7. The van der Waals surface area contributed by atoms with Crippen molar-refractivity contribution in [3.05, 3.63) is 289 Å². The highest BCUT2D eigenvalue weighted by atomic mass is 15.1. The molecular formula is C78H56N2. The molecule has 0 aliphatic carbocycles. The van der Waals surface area contributed by atoms with Crippen molar-refractivity contribution in [3.63, 3.8) is 0 Å². The fourth-order valence-electron chi connectivity index (χ4n) is 13.1. The topological polar surface area (TPSA) is 6.48 Å². The molecule has 2 heteroatoms. The van der Waals surface area contributed by atoms with Crippen LogP contribution in [0.4, 0.5) is 34.1 Å². The highest BCUT2D eigenvalue weighted by Crippen LogP contribution is 2.48. The minimum Gasteiger partial charge on any atom is -0.310 e. The minimum atomic E-state index is 1.11. The molecule has 15 aromatic rings. The van der Waals surface area contributed by atoms with Crippen LogP contribution in [0.15, 0.2) is 267 Å². The zero-order valence-electron chi connectivity index (χ0n) is 45.3. The maximum absolute atomic E-state index is 2.51. The minimum absolute atomic E-state index is 1.11. The lowest BCUT2D eigenvalue weighted by molar-refractivity contribution is 1.26. The number of fused-ring (bicyclic) bond motifs is 14. The number of nitrogens with zero attached hydrogens (tertiary/aromatic N) is 2. The van der Waals surface area contributed by atoms with Crippen LogP contribution < -0.4 is 9.80 Å². The first kappa shape index (κ1) is 47.2. The Bertz CT molecular complexity index is 4640. The third-order valence-electron chi connectivity index (χ3n) is 16.6. The summed E-state index contributed by atoms with van der Waals surface area (Å²) in [6.45, 7) is 8.80. The van der Waals surface area contributed by atoms with E-state index in [1.807, 2.05) is 0 Å². The summed E-state index contributed by atoms with van der Waals surface area (Å²) in [6.07, 6.45) is 0. The monoisotopic (exact) mass is 1020 g/mol. The Kier molecular flexibility index (Phi) is 11.1. The van der Waals surface area contributed by atoms with Gasteiger partial charge in [0.15, 0.2) is 0 Å². The van der Waals surface area contributed by atoms with Crippen molar-refractivity contribution < 1.29 is 0 Å². The highest BCUT2D eigenvalue weighted by molar-refractivity contribution is 6.34. The summed E-state index contributed by atoms with van der Waals surface area (Å²) in [5.74, 6) is 0. The second-order valence-corrected chi connectivity index (χ2v) is 22.1. The molecule has 0 aromatic heterocycles. The predicted molar refractivity (Wildman–Crippen MR) is 346 cm³/mol. The van der Waals surface area contributed by atoms with Crippen LogP contribution in [0.3, 0.4) is 0 Å². The molecule has 0 amide bonds. The van der Waals surface area contributed by atoms with E-state index in [0.29, 0.717) is 0 Å². The van der Waals surface area contributed by atoms with Crippen molar-refractivity contribution >= 4 is 120 Å². The van der Waals surface area contributed by atoms with E-state index in [1.165, 1.54) is 131 Å². The van der Waals surface area contributed by atoms with Gasteiger partial charge < -0.3 is 9.80 Å². The molecule has 0 heterocycles. The van der Waals surface area contributed by atoms with Gasteiger partial charge in [-0.25, -0.2) is 0 Å². The number of anilines is 6. The van der Waals surface area contributed by atoms with Crippen molar-refractivity contribution in [2.75, 3.05) is 9.80 Å². The zero-order chi connectivity index (χ0) is 53.6. The fourth-order valence-corrected chi connectivity index (χ4v) is 13.1. The number of rotatable bonds is 8. The Labute approximate surface area is 466 Å². The van der Waals surface area contributed by atoms with Crippen molar-refractivity contribution in [2.45, 2.75) is 27.7 Å². The average molecular weight is 1020 g/mol. The van der Waals surface area contributed by atoms with E-state index in [9.17, 15) is 0 Å². The van der Waals surface area contributed by atoms with Crippen LogP contribution in [0.2, 0.25) is 0 Å². The first-order chi connectivity index (χ1) is 39.2. The van der Waals surface area contributed by atoms with E-state index in [-0.39, 0.29) is 0 Å². The summed E-state index contributed by atoms with van der Waals surface area (Å²) in [6, 6.07) is 100. The molecule has 0 unspecified atom stereocenters. The maximum atomic E-state index is 2.51. The smallest absolute Gasteiger partial charge is 0.0468 e. The van der Waals surface area contributed by atoms with Gasteiger partial charge in [-0.2, -0.15) is 0 Å². The van der Waals surface area contributed by atoms with Gasteiger partial charge in [-0.05, 0) is 255 Å². The molecule has 0 N–H and O–H groups in total. The molecule has 0 bridgehead atoms. The molecular weight excluding hydrogens is 965 g/mol. The second-order valence-electron chi connectivity index (χ2n) is 22.1. The number of aryl methyl sites for hydroxylation is 4. The third-order valence-corrected chi connectivity index (χ3v) is 16.6. The Morgan fingerprint density at radius 1 is 0.175 bits per heavy atom. The molecule has 0 atom stereocenters. The molecule has 2 nitrogen and oxygen atoms in total. The molecule has 15 aromatic carbocycles. The number of hydrogen-bond donors (Lipinski definition) is 0. The normalized spacial score (nSPS) is 11.8. The third kappa shape index (κ3) is 8.11. The molecule has 0 radical (unpaired) electrons. The van der Waals surface area contributed by atoms with Crippen LogP contribution in [0.5, 0.6) is 0 Å². The maximum Gasteiger partial charge on any atom is 0.0468 e. The van der Waals surface area contributed by atoms with Crippen molar-refractivity contribution in [1.29, 1.82) is 0 Å². The van der Waals surface area contributed by atoms with Crippen LogP contribution in [-0.4, -0.2) is 0 Å².